The molecule has 118 valence electrons. The lowest BCUT2D eigenvalue weighted by molar-refractivity contribution is 0.579. The van der Waals surface area contributed by atoms with Gasteiger partial charge in [0.1, 0.15) is 4.90 Å². The fraction of sp³-hybridized carbons (Fsp3) is 0.538. The summed E-state index contributed by atoms with van der Waals surface area (Å²) in [7, 11) is -1.83. The van der Waals surface area contributed by atoms with Crippen LogP contribution in [0.2, 0.25) is 0 Å². The standard InChI is InChI=1S/C13H23N5O2S/c1-11(2)9-17-13(14-3)16-7-8-18-21(19,20)12-5-4-6-15-10-12/h4-6,10-11,18H,7-9H2,1-3H3,(H2,14,16,17). The van der Waals surface area contributed by atoms with Crippen LogP contribution in [0.1, 0.15) is 13.8 Å². The molecule has 0 bridgehead atoms. The van der Waals surface area contributed by atoms with Crippen LogP contribution in [0.15, 0.2) is 34.4 Å². The van der Waals surface area contributed by atoms with Gasteiger partial charge in [0.2, 0.25) is 10.0 Å². The Kier molecular flexibility index (Phi) is 7.10. The molecule has 1 aromatic heterocycles. The summed E-state index contributed by atoms with van der Waals surface area (Å²) in [6.45, 7) is 5.71. The van der Waals surface area contributed by atoms with E-state index in [1.807, 2.05) is 0 Å². The predicted octanol–water partition coefficient (Wildman–Crippen LogP) is 0.181. The van der Waals surface area contributed by atoms with Gasteiger partial charge in [0.25, 0.3) is 0 Å². The first-order valence-electron chi connectivity index (χ1n) is 6.80. The van der Waals surface area contributed by atoms with Crippen molar-refractivity contribution in [2.24, 2.45) is 10.9 Å². The first-order chi connectivity index (χ1) is 9.95. The lowest BCUT2D eigenvalue weighted by atomic mass is 10.2. The van der Waals surface area contributed by atoms with Gasteiger partial charge in [-0.1, -0.05) is 13.8 Å². The van der Waals surface area contributed by atoms with Crippen LogP contribution in [0.3, 0.4) is 0 Å². The molecule has 0 radical (unpaired) electrons. The van der Waals surface area contributed by atoms with Gasteiger partial charge in [-0.15, -0.1) is 0 Å². The molecule has 0 amide bonds. The Labute approximate surface area is 126 Å². The van der Waals surface area contributed by atoms with E-state index in [4.69, 9.17) is 0 Å². The SMILES string of the molecule is CN=C(NCCNS(=O)(=O)c1cccnc1)NCC(C)C. The van der Waals surface area contributed by atoms with Gasteiger partial charge in [0.05, 0.1) is 0 Å². The average Bonchev–Trinajstić information content (AvgIpc) is 2.47. The molecule has 0 aliphatic heterocycles. The van der Waals surface area contributed by atoms with E-state index in [1.54, 1.807) is 13.1 Å². The van der Waals surface area contributed by atoms with Crippen LogP contribution in [0.25, 0.3) is 0 Å². The zero-order chi connectivity index (χ0) is 15.7. The molecule has 0 aromatic carbocycles. The molecular weight excluding hydrogens is 290 g/mol. The number of hydrogen-bond donors (Lipinski definition) is 3. The van der Waals surface area contributed by atoms with Gasteiger partial charge in [0, 0.05) is 39.1 Å². The van der Waals surface area contributed by atoms with Crippen LogP contribution in [0.4, 0.5) is 0 Å². The summed E-state index contributed by atoms with van der Waals surface area (Å²) in [5, 5.41) is 6.19. The number of sulfonamides is 1. The number of pyridine rings is 1. The maximum Gasteiger partial charge on any atom is 0.242 e. The van der Waals surface area contributed by atoms with Crippen LogP contribution in [0.5, 0.6) is 0 Å². The fourth-order valence-electron chi connectivity index (χ4n) is 1.48. The molecule has 1 heterocycles. The molecule has 1 aromatic rings. The van der Waals surface area contributed by atoms with E-state index in [9.17, 15) is 8.42 Å². The first kappa shape index (κ1) is 17.4. The number of nitrogens with zero attached hydrogens (tertiary/aromatic N) is 2. The van der Waals surface area contributed by atoms with Crippen molar-refractivity contribution in [3.63, 3.8) is 0 Å². The van der Waals surface area contributed by atoms with Crippen molar-refractivity contribution in [1.82, 2.24) is 20.3 Å². The van der Waals surface area contributed by atoms with Gasteiger partial charge >= 0.3 is 0 Å². The summed E-state index contributed by atoms with van der Waals surface area (Å²) in [6.07, 6.45) is 2.85. The normalized spacial score (nSPS) is 12.5. The maximum atomic E-state index is 11.9. The van der Waals surface area contributed by atoms with Crippen LogP contribution < -0.4 is 15.4 Å². The predicted molar refractivity (Wildman–Crippen MR) is 83.6 cm³/mol. The molecule has 21 heavy (non-hydrogen) atoms. The molecule has 7 nitrogen and oxygen atoms in total. The Morgan fingerprint density at radius 3 is 2.67 bits per heavy atom. The smallest absolute Gasteiger partial charge is 0.242 e. The van der Waals surface area contributed by atoms with Crippen molar-refractivity contribution in [2.45, 2.75) is 18.7 Å². The maximum absolute atomic E-state index is 11.9. The zero-order valence-corrected chi connectivity index (χ0v) is 13.4. The van der Waals surface area contributed by atoms with Crippen LogP contribution >= 0.6 is 0 Å². The van der Waals surface area contributed by atoms with E-state index in [-0.39, 0.29) is 11.4 Å². The van der Waals surface area contributed by atoms with Gasteiger partial charge in [-0.05, 0) is 18.1 Å². The molecule has 8 heteroatoms. The Balaban J connectivity index is 2.37. The van der Waals surface area contributed by atoms with E-state index in [0.29, 0.717) is 18.4 Å². The Bertz CT molecular complexity index is 543. The Morgan fingerprint density at radius 1 is 1.33 bits per heavy atom. The second-order valence-corrected chi connectivity index (χ2v) is 6.63. The number of aromatic nitrogens is 1. The van der Waals surface area contributed by atoms with Crippen molar-refractivity contribution in [3.8, 4) is 0 Å². The van der Waals surface area contributed by atoms with Gasteiger partial charge in [-0.2, -0.15) is 0 Å². The van der Waals surface area contributed by atoms with Gasteiger partial charge in [-0.25, -0.2) is 13.1 Å². The van der Waals surface area contributed by atoms with Crippen molar-refractivity contribution >= 4 is 16.0 Å². The summed E-state index contributed by atoms with van der Waals surface area (Å²) in [5.41, 5.74) is 0. The molecular formula is C13H23N5O2S. The van der Waals surface area contributed by atoms with Crippen LogP contribution in [0, 0.1) is 5.92 Å². The summed E-state index contributed by atoms with van der Waals surface area (Å²) in [6, 6.07) is 3.09. The molecule has 3 N–H and O–H groups in total. The zero-order valence-electron chi connectivity index (χ0n) is 12.6. The Hall–Kier alpha value is -1.67. The summed E-state index contributed by atoms with van der Waals surface area (Å²) < 4.78 is 26.4. The minimum Gasteiger partial charge on any atom is -0.356 e. The van der Waals surface area contributed by atoms with Crippen molar-refractivity contribution in [2.75, 3.05) is 26.7 Å². The van der Waals surface area contributed by atoms with Crippen molar-refractivity contribution < 1.29 is 8.42 Å². The summed E-state index contributed by atoms with van der Waals surface area (Å²) in [4.78, 5) is 8.02. The third-order valence-corrected chi connectivity index (χ3v) is 4.00. The molecule has 0 aliphatic carbocycles. The number of aliphatic imine (C=N–C) groups is 1. The van der Waals surface area contributed by atoms with E-state index in [0.717, 1.165) is 6.54 Å². The number of nitrogens with one attached hydrogen (secondary N) is 3. The molecule has 0 aliphatic rings. The highest BCUT2D eigenvalue weighted by Crippen LogP contribution is 2.04. The van der Waals surface area contributed by atoms with Gasteiger partial charge in [-0.3, -0.25) is 9.98 Å². The topological polar surface area (TPSA) is 95.5 Å². The van der Waals surface area contributed by atoms with E-state index >= 15 is 0 Å². The minimum atomic E-state index is -3.50. The van der Waals surface area contributed by atoms with Crippen LogP contribution in [-0.4, -0.2) is 46.0 Å². The monoisotopic (exact) mass is 313 g/mol. The summed E-state index contributed by atoms with van der Waals surface area (Å²) >= 11 is 0. The quantitative estimate of drug-likeness (QED) is 0.379. The highest BCUT2D eigenvalue weighted by atomic mass is 32.2. The largest absolute Gasteiger partial charge is 0.356 e. The first-order valence-corrected chi connectivity index (χ1v) is 8.28. The van der Waals surface area contributed by atoms with E-state index in [2.05, 4.69) is 39.2 Å². The second-order valence-electron chi connectivity index (χ2n) is 4.86. The van der Waals surface area contributed by atoms with Gasteiger partial charge in [0.15, 0.2) is 5.96 Å². The lowest BCUT2D eigenvalue weighted by Gasteiger charge is -2.13. The number of hydrogen-bond acceptors (Lipinski definition) is 4. The number of guanidine groups is 1. The molecule has 0 unspecified atom stereocenters. The second kappa shape index (κ2) is 8.58. The fourth-order valence-corrected chi connectivity index (χ4v) is 2.47. The van der Waals surface area contributed by atoms with Gasteiger partial charge < -0.3 is 10.6 Å². The third kappa shape index (κ3) is 6.54. The lowest BCUT2D eigenvalue weighted by Crippen LogP contribution is -2.42. The van der Waals surface area contributed by atoms with Crippen molar-refractivity contribution in [3.05, 3.63) is 24.5 Å². The molecule has 1 rings (SSSR count). The highest BCUT2D eigenvalue weighted by molar-refractivity contribution is 7.89. The van der Waals surface area contributed by atoms with E-state index < -0.39 is 10.0 Å². The average molecular weight is 313 g/mol. The molecule has 0 atom stereocenters. The Morgan fingerprint density at radius 2 is 2.10 bits per heavy atom. The molecule has 0 fully saturated rings. The summed E-state index contributed by atoms with van der Waals surface area (Å²) in [5.74, 6) is 1.16. The van der Waals surface area contributed by atoms with E-state index in [1.165, 1.54) is 18.5 Å². The third-order valence-electron chi connectivity index (χ3n) is 2.56. The van der Waals surface area contributed by atoms with Crippen molar-refractivity contribution in [1.29, 1.82) is 0 Å². The molecule has 0 spiro atoms. The van der Waals surface area contributed by atoms with Crippen LogP contribution in [-0.2, 0) is 10.0 Å². The highest BCUT2D eigenvalue weighted by Gasteiger charge is 2.12. The number of rotatable bonds is 7. The molecule has 0 saturated heterocycles. The minimum absolute atomic E-state index is 0.160. The molecule has 0 saturated carbocycles.